The summed E-state index contributed by atoms with van der Waals surface area (Å²) in [6.07, 6.45) is -5.82. The van der Waals surface area contributed by atoms with Crippen molar-refractivity contribution in [2.24, 2.45) is 5.92 Å². The van der Waals surface area contributed by atoms with Crippen LogP contribution in [0.15, 0.2) is 17.1 Å². The molecule has 0 radical (unpaired) electrons. The van der Waals surface area contributed by atoms with Crippen LogP contribution in [0.3, 0.4) is 0 Å². The van der Waals surface area contributed by atoms with Crippen molar-refractivity contribution in [3.8, 4) is 6.07 Å². The van der Waals surface area contributed by atoms with Crippen LogP contribution in [0.1, 0.15) is 27.0 Å². The number of carboxylic acid groups (broad SMARTS) is 1. The molecular weight excluding hydrogens is 453 g/mol. The lowest BCUT2D eigenvalue weighted by atomic mass is 10.0. The summed E-state index contributed by atoms with van der Waals surface area (Å²) in [5, 5.41) is 26.5. The number of carboxylic acids is 1. The van der Waals surface area contributed by atoms with Crippen LogP contribution in [0, 0.1) is 17.2 Å². The van der Waals surface area contributed by atoms with E-state index < -0.39 is 50.5 Å². The third-order valence-electron chi connectivity index (χ3n) is 5.28. The molecule has 1 aromatic heterocycles. The molecule has 0 saturated carbocycles. The number of rotatable bonds is 4. The number of ether oxygens (including phenoxy) is 1. The first-order valence-electron chi connectivity index (χ1n) is 9.44. The molecular formula is C18H27F3N4O6Si. The van der Waals surface area contributed by atoms with Gasteiger partial charge in [-0.1, -0.05) is 20.8 Å². The Balaban J connectivity index is 0.000000633. The Hall–Kier alpha value is -2.47. The molecule has 14 heteroatoms. The van der Waals surface area contributed by atoms with Gasteiger partial charge >= 0.3 is 17.8 Å². The van der Waals surface area contributed by atoms with E-state index in [1.165, 1.54) is 16.8 Å². The minimum Gasteiger partial charge on any atom is -0.475 e. The SMILES string of the molecule is CC(C)(C)[Si](C)(C)O[C@H]1[C@H](C#N)[C@H](n2ccc(N)nc2=O)O[C@@H]1CO.O=C(O)C(F)(F)F. The maximum Gasteiger partial charge on any atom is 0.490 e. The van der Waals surface area contributed by atoms with E-state index in [1.54, 1.807) is 0 Å². The Bertz CT molecular complexity index is 910. The second-order valence-corrected chi connectivity index (χ2v) is 13.3. The quantitative estimate of drug-likeness (QED) is 0.546. The number of aliphatic hydroxyl groups excluding tert-OH is 1. The number of nitrogens with zero attached hydrogens (tertiary/aromatic N) is 3. The first-order valence-corrected chi connectivity index (χ1v) is 12.4. The van der Waals surface area contributed by atoms with Gasteiger partial charge in [0.15, 0.2) is 14.5 Å². The third kappa shape index (κ3) is 6.51. The number of anilines is 1. The molecule has 2 heterocycles. The van der Waals surface area contributed by atoms with Crippen LogP contribution in [0.4, 0.5) is 19.0 Å². The van der Waals surface area contributed by atoms with Gasteiger partial charge in [0.05, 0.1) is 18.8 Å². The van der Waals surface area contributed by atoms with E-state index in [-0.39, 0.29) is 17.5 Å². The smallest absolute Gasteiger partial charge is 0.475 e. The number of nitriles is 1. The summed E-state index contributed by atoms with van der Waals surface area (Å²) in [6.45, 7) is 10.1. The number of aliphatic carboxylic acids is 1. The van der Waals surface area contributed by atoms with Crippen molar-refractivity contribution >= 4 is 20.1 Å². The number of hydrogen-bond donors (Lipinski definition) is 3. The zero-order valence-electron chi connectivity index (χ0n) is 18.3. The van der Waals surface area contributed by atoms with Gasteiger partial charge in [0.2, 0.25) is 0 Å². The molecule has 4 N–H and O–H groups in total. The number of hydrogen-bond acceptors (Lipinski definition) is 8. The summed E-state index contributed by atoms with van der Waals surface area (Å²) in [7, 11) is -2.20. The highest BCUT2D eigenvalue weighted by molar-refractivity contribution is 6.74. The lowest BCUT2D eigenvalue weighted by Gasteiger charge is -2.39. The molecule has 10 nitrogen and oxygen atoms in total. The molecule has 0 spiro atoms. The predicted molar refractivity (Wildman–Crippen MR) is 109 cm³/mol. The van der Waals surface area contributed by atoms with E-state index in [4.69, 9.17) is 24.8 Å². The maximum atomic E-state index is 12.1. The number of aliphatic hydroxyl groups is 1. The van der Waals surface area contributed by atoms with Crippen LogP contribution in [-0.4, -0.2) is 59.0 Å². The van der Waals surface area contributed by atoms with Crippen molar-refractivity contribution in [1.29, 1.82) is 5.26 Å². The molecule has 1 saturated heterocycles. The predicted octanol–water partition coefficient (Wildman–Crippen LogP) is 1.88. The normalized spacial score (nSPS) is 23.8. The van der Waals surface area contributed by atoms with Crippen molar-refractivity contribution < 1.29 is 37.3 Å². The minimum absolute atomic E-state index is 0.0648. The molecule has 0 amide bonds. The maximum absolute atomic E-state index is 12.1. The summed E-state index contributed by atoms with van der Waals surface area (Å²) in [5.74, 6) is -3.40. The zero-order valence-corrected chi connectivity index (χ0v) is 19.3. The monoisotopic (exact) mass is 480 g/mol. The molecule has 0 unspecified atom stereocenters. The Kier molecular flexibility index (Phi) is 8.60. The summed E-state index contributed by atoms with van der Waals surface area (Å²) in [6, 6.07) is 3.65. The van der Waals surface area contributed by atoms with Gasteiger partial charge in [0.1, 0.15) is 17.8 Å². The fourth-order valence-corrected chi connectivity index (χ4v) is 3.88. The van der Waals surface area contributed by atoms with Gasteiger partial charge in [-0.05, 0) is 24.2 Å². The minimum atomic E-state index is -5.08. The van der Waals surface area contributed by atoms with Crippen LogP contribution < -0.4 is 11.4 Å². The highest BCUT2D eigenvalue weighted by Gasteiger charge is 2.51. The molecule has 1 aliphatic heterocycles. The van der Waals surface area contributed by atoms with Crippen molar-refractivity contribution in [3.63, 3.8) is 0 Å². The average Bonchev–Trinajstić information content (AvgIpc) is 2.97. The molecule has 180 valence electrons. The lowest BCUT2D eigenvalue weighted by molar-refractivity contribution is -0.192. The fraction of sp³-hybridized carbons (Fsp3) is 0.667. The van der Waals surface area contributed by atoms with Gasteiger partial charge in [-0.2, -0.15) is 23.4 Å². The summed E-state index contributed by atoms with van der Waals surface area (Å²) < 4.78 is 45.1. The number of aromatic nitrogens is 2. The van der Waals surface area contributed by atoms with E-state index in [0.29, 0.717) is 0 Å². The van der Waals surface area contributed by atoms with Crippen LogP contribution in [0.25, 0.3) is 0 Å². The largest absolute Gasteiger partial charge is 0.490 e. The molecule has 1 fully saturated rings. The van der Waals surface area contributed by atoms with Gasteiger partial charge in [0, 0.05) is 6.20 Å². The van der Waals surface area contributed by atoms with E-state index in [9.17, 15) is 28.3 Å². The third-order valence-corrected chi connectivity index (χ3v) is 9.75. The Morgan fingerprint density at radius 2 is 1.94 bits per heavy atom. The fourth-order valence-electron chi connectivity index (χ4n) is 2.54. The first-order chi connectivity index (χ1) is 14.5. The molecule has 0 bridgehead atoms. The molecule has 1 aliphatic rings. The summed E-state index contributed by atoms with van der Waals surface area (Å²) >= 11 is 0. The number of carbonyl (C=O) groups is 1. The van der Waals surface area contributed by atoms with E-state index in [0.717, 1.165) is 0 Å². The Labute approximate surface area is 183 Å². The molecule has 0 aromatic carbocycles. The van der Waals surface area contributed by atoms with E-state index >= 15 is 0 Å². The topological polar surface area (TPSA) is 161 Å². The Morgan fingerprint density at radius 3 is 2.31 bits per heavy atom. The number of alkyl halides is 3. The van der Waals surface area contributed by atoms with Crippen LogP contribution in [0.5, 0.6) is 0 Å². The van der Waals surface area contributed by atoms with Gasteiger partial charge in [0.25, 0.3) is 0 Å². The zero-order chi connectivity index (χ0) is 25.1. The number of halogens is 3. The van der Waals surface area contributed by atoms with Gasteiger partial charge in [-0.15, -0.1) is 0 Å². The summed E-state index contributed by atoms with van der Waals surface area (Å²) in [5.41, 5.74) is 4.91. The van der Waals surface area contributed by atoms with Crippen molar-refractivity contribution in [3.05, 3.63) is 22.7 Å². The average molecular weight is 481 g/mol. The Morgan fingerprint density at radius 1 is 1.41 bits per heavy atom. The molecule has 4 atom stereocenters. The standard InChI is InChI=1S/C16H26N4O4Si.C2HF3O2/c1-16(2,3)25(4,5)24-13-10(8-17)14(23-11(13)9-21)20-7-6-12(18)19-15(20)22;3-2(4,5)1(6)7/h6-7,10-11,13-14,21H,9H2,1-5H3,(H2,18,19,22);(H,6,7)/t10-,11+,13-,14+;/m0./s1. The highest BCUT2D eigenvalue weighted by Crippen LogP contribution is 2.43. The second-order valence-electron chi connectivity index (χ2n) is 8.59. The molecule has 2 rings (SSSR count). The number of nitrogens with two attached hydrogens (primary N) is 1. The van der Waals surface area contributed by atoms with Gasteiger partial charge in [-0.25, -0.2) is 9.59 Å². The van der Waals surface area contributed by atoms with Crippen LogP contribution in [-0.2, 0) is 14.0 Å². The van der Waals surface area contributed by atoms with E-state index in [1.807, 2.05) is 0 Å². The highest BCUT2D eigenvalue weighted by atomic mass is 28.4. The summed E-state index contributed by atoms with van der Waals surface area (Å²) in [4.78, 5) is 24.7. The lowest BCUT2D eigenvalue weighted by Crippen LogP contribution is -2.48. The molecule has 1 aromatic rings. The van der Waals surface area contributed by atoms with E-state index in [2.05, 4.69) is 44.9 Å². The van der Waals surface area contributed by atoms with Crippen molar-refractivity contribution in [1.82, 2.24) is 9.55 Å². The van der Waals surface area contributed by atoms with Gasteiger partial charge in [-0.3, -0.25) is 4.57 Å². The molecule has 32 heavy (non-hydrogen) atoms. The van der Waals surface area contributed by atoms with Gasteiger partial charge < -0.3 is 25.1 Å². The van der Waals surface area contributed by atoms with Crippen molar-refractivity contribution in [2.75, 3.05) is 12.3 Å². The molecule has 0 aliphatic carbocycles. The van der Waals surface area contributed by atoms with Crippen LogP contribution >= 0.6 is 0 Å². The number of nitrogen functional groups attached to an aromatic ring is 1. The van der Waals surface area contributed by atoms with Crippen molar-refractivity contribution in [2.45, 2.75) is 63.5 Å². The second kappa shape index (κ2) is 9.99. The van der Waals surface area contributed by atoms with Crippen LogP contribution in [0.2, 0.25) is 18.1 Å². The first kappa shape index (κ1) is 27.6.